The zero-order chi connectivity index (χ0) is 12.3. The molecule has 82 valence electrons. The number of benzene rings is 1. The summed E-state index contributed by atoms with van der Waals surface area (Å²) in [7, 11) is 0. The molecule has 0 saturated heterocycles. The lowest BCUT2D eigenvalue weighted by Gasteiger charge is -2.08. The molecule has 0 aliphatic carbocycles. The van der Waals surface area contributed by atoms with Gasteiger partial charge in [-0.2, -0.15) is 5.26 Å². The Labute approximate surface area is 96.3 Å². The number of nitro benzene ring substituents is 1. The molecule has 1 N–H and O–H groups in total. The summed E-state index contributed by atoms with van der Waals surface area (Å²) in [5.74, 6) is 0. The lowest BCUT2D eigenvalue weighted by Crippen LogP contribution is -2.00. The standard InChI is InChI=1S/C10H7ClN2O3/c1-6(5-12)10(14)7-2-3-8(11)9(4-7)13(15)16/h2-4,10,14H,1H2. The molecule has 6 heteroatoms. The van der Waals surface area contributed by atoms with Crippen LogP contribution in [0.2, 0.25) is 5.02 Å². The van der Waals surface area contributed by atoms with E-state index >= 15 is 0 Å². The van der Waals surface area contributed by atoms with E-state index < -0.39 is 11.0 Å². The maximum atomic E-state index is 10.6. The van der Waals surface area contributed by atoms with Crippen molar-refractivity contribution in [2.24, 2.45) is 0 Å². The zero-order valence-corrected chi connectivity index (χ0v) is 8.81. The topological polar surface area (TPSA) is 87.2 Å². The van der Waals surface area contributed by atoms with Gasteiger partial charge in [0.05, 0.1) is 16.6 Å². The Morgan fingerprint density at radius 3 is 2.81 bits per heavy atom. The summed E-state index contributed by atoms with van der Waals surface area (Å²) in [6.45, 7) is 3.33. The predicted octanol–water partition coefficient (Wildman–Crippen LogP) is 2.36. The highest BCUT2D eigenvalue weighted by atomic mass is 35.5. The molecule has 5 nitrogen and oxygen atoms in total. The molecule has 0 amide bonds. The van der Waals surface area contributed by atoms with Gasteiger partial charge in [-0.3, -0.25) is 10.1 Å². The van der Waals surface area contributed by atoms with Crippen molar-refractivity contribution in [3.8, 4) is 6.07 Å². The van der Waals surface area contributed by atoms with Crippen LogP contribution in [-0.2, 0) is 0 Å². The Hall–Kier alpha value is -1.90. The van der Waals surface area contributed by atoms with E-state index in [0.717, 1.165) is 6.07 Å². The van der Waals surface area contributed by atoms with Gasteiger partial charge in [0.15, 0.2) is 0 Å². The normalized spacial score (nSPS) is 11.6. The number of nitrogens with zero attached hydrogens (tertiary/aromatic N) is 2. The first kappa shape index (κ1) is 12.2. The monoisotopic (exact) mass is 238 g/mol. The largest absolute Gasteiger partial charge is 0.383 e. The third-order valence-corrected chi connectivity index (χ3v) is 2.28. The number of hydrogen-bond acceptors (Lipinski definition) is 4. The van der Waals surface area contributed by atoms with Crippen molar-refractivity contribution in [3.63, 3.8) is 0 Å². The second kappa shape index (κ2) is 4.75. The molecular weight excluding hydrogens is 232 g/mol. The molecule has 0 spiro atoms. The minimum Gasteiger partial charge on any atom is -0.383 e. The molecule has 0 fully saturated rings. The molecule has 1 atom stereocenters. The van der Waals surface area contributed by atoms with E-state index in [9.17, 15) is 15.2 Å². The van der Waals surface area contributed by atoms with Crippen LogP contribution in [0.15, 0.2) is 30.4 Å². The van der Waals surface area contributed by atoms with Crippen LogP contribution in [0.3, 0.4) is 0 Å². The summed E-state index contributed by atoms with van der Waals surface area (Å²) in [6.07, 6.45) is -1.25. The Kier molecular flexibility index (Phi) is 3.61. The van der Waals surface area contributed by atoms with Gasteiger partial charge in [-0.05, 0) is 11.6 Å². The van der Waals surface area contributed by atoms with Crippen molar-refractivity contribution >= 4 is 17.3 Å². The van der Waals surface area contributed by atoms with Gasteiger partial charge in [0.25, 0.3) is 5.69 Å². The fraction of sp³-hybridized carbons (Fsp3) is 0.100. The minimum absolute atomic E-state index is 0.0245. The van der Waals surface area contributed by atoms with Crippen LogP contribution in [0.5, 0.6) is 0 Å². The molecule has 16 heavy (non-hydrogen) atoms. The maximum absolute atomic E-state index is 10.6. The van der Waals surface area contributed by atoms with Gasteiger partial charge in [-0.25, -0.2) is 0 Å². The van der Waals surface area contributed by atoms with Gasteiger partial charge in [0.1, 0.15) is 11.1 Å². The first-order valence-corrected chi connectivity index (χ1v) is 4.56. The van der Waals surface area contributed by atoms with E-state index in [-0.39, 0.29) is 21.8 Å². The number of nitriles is 1. The summed E-state index contributed by atoms with van der Waals surface area (Å²) >= 11 is 5.60. The van der Waals surface area contributed by atoms with E-state index in [1.807, 2.05) is 0 Å². The zero-order valence-electron chi connectivity index (χ0n) is 8.05. The predicted molar refractivity (Wildman–Crippen MR) is 57.8 cm³/mol. The Morgan fingerprint density at radius 2 is 2.31 bits per heavy atom. The average Bonchev–Trinajstić information content (AvgIpc) is 2.27. The number of halogens is 1. The Bertz CT molecular complexity index is 493. The lowest BCUT2D eigenvalue weighted by atomic mass is 10.0. The van der Waals surface area contributed by atoms with Crippen molar-refractivity contribution in [1.82, 2.24) is 0 Å². The van der Waals surface area contributed by atoms with E-state index in [4.69, 9.17) is 16.9 Å². The number of aliphatic hydroxyl groups excluding tert-OH is 1. The highest BCUT2D eigenvalue weighted by Gasteiger charge is 2.18. The van der Waals surface area contributed by atoms with Crippen LogP contribution >= 0.6 is 11.6 Å². The average molecular weight is 239 g/mol. The quantitative estimate of drug-likeness (QED) is 0.497. The molecule has 0 aliphatic rings. The van der Waals surface area contributed by atoms with Crippen LogP contribution in [0.25, 0.3) is 0 Å². The van der Waals surface area contributed by atoms with Crippen LogP contribution in [0.4, 0.5) is 5.69 Å². The van der Waals surface area contributed by atoms with Gasteiger partial charge in [-0.1, -0.05) is 24.2 Å². The highest BCUT2D eigenvalue weighted by molar-refractivity contribution is 6.32. The number of nitro groups is 1. The minimum atomic E-state index is -1.25. The third-order valence-electron chi connectivity index (χ3n) is 1.96. The molecule has 1 unspecified atom stereocenters. The second-order valence-corrected chi connectivity index (χ2v) is 3.41. The van der Waals surface area contributed by atoms with E-state index in [1.165, 1.54) is 12.1 Å². The SMILES string of the molecule is C=C(C#N)C(O)c1ccc(Cl)c([N+](=O)[O-])c1. The van der Waals surface area contributed by atoms with E-state index in [2.05, 4.69) is 6.58 Å². The van der Waals surface area contributed by atoms with Gasteiger partial charge in [0, 0.05) is 6.07 Å². The molecular formula is C10H7ClN2O3. The first-order valence-electron chi connectivity index (χ1n) is 4.18. The lowest BCUT2D eigenvalue weighted by molar-refractivity contribution is -0.384. The van der Waals surface area contributed by atoms with E-state index in [1.54, 1.807) is 6.07 Å². The van der Waals surface area contributed by atoms with Crippen molar-refractivity contribution in [2.75, 3.05) is 0 Å². The summed E-state index contributed by atoms with van der Waals surface area (Å²) < 4.78 is 0. The molecule has 0 saturated carbocycles. The molecule has 0 aromatic heterocycles. The number of rotatable bonds is 3. The molecule has 0 aliphatic heterocycles. The summed E-state index contributed by atoms with van der Waals surface area (Å²) in [5, 5.41) is 28.7. The van der Waals surface area contributed by atoms with Crippen LogP contribution < -0.4 is 0 Å². The van der Waals surface area contributed by atoms with Crippen molar-refractivity contribution < 1.29 is 10.0 Å². The van der Waals surface area contributed by atoms with Crippen molar-refractivity contribution in [1.29, 1.82) is 5.26 Å². The molecule has 0 bridgehead atoms. The molecule has 1 aromatic rings. The van der Waals surface area contributed by atoms with Crippen molar-refractivity contribution in [2.45, 2.75) is 6.10 Å². The number of hydrogen-bond donors (Lipinski definition) is 1. The first-order chi connectivity index (χ1) is 7.47. The smallest absolute Gasteiger partial charge is 0.288 e. The summed E-state index contributed by atoms with van der Waals surface area (Å²) in [4.78, 5) is 9.93. The van der Waals surface area contributed by atoms with Crippen LogP contribution in [-0.4, -0.2) is 10.0 Å². The van der Waals surface area contributed by atoms with Crippen LogP contribution in [0, 0.1) is 21.4 Å². The van der Waals surface area contributed by atoms with Gasteiger partial charge >= 0.3 is 0 Å². The van der Waals surface area contributed by atoms with Gasteiger partial charge in [-0.15, -0.1) is 0 Å². The molecule has 1 aromatic carbocycles. The molecule has 0 heterocycles. The fourth-order valence-electron chi connectivity index (χ4n) is 1.10. The van der Waals surface area contributed by atoms with Crippen LogP contribution in [0.1, 0.15) is 11.7 Å². The summed E-state index contributed by atoms with van der Waals surface area (Å²) in [6, 6.07) is 5.50. The molecule has 1 rings (SSSR count). The molecule has 0 radical (unpaired) electrons. The van der Waals surface area contributed by atoms with Crippen molar-refractivity contribution in [3.05, 3.63) is 51.1 Å². The van der Waals surface area contributed by atoms with E-state index in [0.29, 0.717) is 0 Å². The highest BCUT2D eigenvalue weighted by Crippen LogP contribution is 2.29. The maximum Gasteiger partial charge on any atom is 0.288 e. The number of aliphatic hydroxyl groups is 1. The van der Waals surface area contributed by atoms with Gasteiger partial charge < -0.3 is 5.11 Å². The summed E-state index contributed by atoms with van der Waals surface area (Å²) in [5.41, 5.74) is -0.191. The van der Waals surface area contributed by atoms with Gasteiger partial charge in [0.2, 0.25) is 0 Å². The Morgan fingerprint density at radius 1 is 1.69 bits per heavy atom. The second-order valence-electron chi connectivity index (χ2n) is 3.01. The Balaban J connectivity index is 3.18. The third kappa shape index (κ3) is 2.37. The fourth-order valence-corrected chi connectivity index (χ4v) is 1.29.